The van der Waals surface area contributed by atoms with Gasteiger partial charge in [0.25, 0.3) is 0 Å². The van der Waals surface area contributed by atoms with Crippen LogP contribution in [0.2, 0.25) is 0 Å². The lowest BCUT2D eigenvalue weighted by Gasteiger charge is -2.33. The Kier molecular flexibility index (Phi) is 4.70. The van der Waals surface area contributed by atoms with Crippen molar-refractivity contribution in [3.8, 4) is 5.75 Å². The van der Waals surface area contributed by atoms with Gasteiger partial charge in [-0.1, -0.05) is 19.9 Å². The summed E-state index contributed by atoms with van der Waals surface area (Å²) in [5.74, 6) is 1.50. The van der Waals surface area contributed by atoms with Gasteiger partial charge >= 0.3 is 0 Å². The van der Waals surface area contributed by atoms with Gasteiger partial charge in [0.15, 0.2) is 0 Å². The highest BCUT2D eigenvalue weighted by Crippen LogP contribution is 2.29. The van der Waals surface area contributed by atoms with Crippen LogP contribution >= 0.6 is 0 Å². The Morgan fingerprint density at radius 1 is 1.37 bits per heavy atom. The maximum atomic E-state index is 5.81. The molecule has 2 atom stereocenters. The van der Waals surface area contributed by atoms with Crippen molar-refractivity contribution in [2.24, 2.45) is 5.92 Å². The second-order valence-electron chi connectivity index (χ2n) is 5.72. The van der Waals surface area contributed by atoms with Gasteiger partial charge in [0, 0.05) is 12.6 Å². The molecule has 3 nitrogen and oxygen atoms in total. The van der Waals surface area contributed by atoms with Crippen LogP contribution in [-0.2, 0) is 4.74 Å². The maximum absolute atomic E-state index is 5.81. The summed E-state index contributed by atoms with van der Waals surface area (Å²) in [6.07, 6.45) is 2.48. The molecule has 1 aliphatic heterocycles. The van der Waals surface area contributed by atoms with E-state index in [9.17, 15) is 0 Å². The van der Waals surface area contributed by atoms with Gasteiger partial charge in [-0.05, 0) is 43.4 Å². The smallest absolute Gasteiger partial charge is 0.142 e. The van der Waals surface area contributed by atoms with Crippen LogP contribution in [0.1, 0.15) is 32.3 Å². The molecule has 1 heterocycles. The summed E-state index contributed by atoms with van der Waals surface area (Å²) in [6.45, 7) is 7.36. The van der Waals surface area contributed by atoms with Gasteiger partial charge in [0.05, 0.1) is 18.9 Å². The number of hydrogen-bond donors (Lipinski definition) is 1. The van der Waals surface area contributed by atoms with Crippen molar-refractivity contribution in [3.05, 3.63) is 23.8 Å². The Morgan fingerprint density at radius 3 is 2.84 bits per heavy atom. The van der Waals surface area contributed by atoms with E-state index in [-0.39, 0.29) is 0 Å². The van der Waals surface area contributed by atoms with Crippen molar-refractivity contribution in [2.45, 2.75) is 45.8 Å². The van der Waals surface area contributed by atoms with E-state index < -0.39 is 0 Å². The summed E-state index contributed by atoms with van der Waals surface area (Å²) in [5, 5.41) is 3.61. The number of rotatable bonds is 4. The third-order valence-electron chi connectivity index (χ3n) is 3.78. The van der Waals surface area contributed by atoms with Crippen LogP contribution in [0.4, 0.5) is 5.69 Å². The lowest BCUT2D eigenvalue weighted by Crippen LogP contribution is -2.36. The van der Waals surface area contributed by atoms with E-state index in [1.165, 1.54) is 5.56 Å². The number of methoxy groups -OCH3 is 1. The SMILES string of the molecule is COc1cc(C)ccc1NC1CCOC(C(C)C)C1. The van der Waals surface area contributed by atoms with Crippen LogP contribution in [0, 0.1) is 12.8 Å². The van der Waals surface area contributed by atoms with E-state index in [0.29, 0.717) is 18.1 Å². The largest absolute Gasteiger partial charge is 0.495 e. The standard InChI is InChI=1S/C16H25NO2/c1-11(2)15-10-13(7-8-19-15)17-14-6-5-12(3)9-16(14)18-4/h5-6,9,11,13,15,17H,7-8,10H2,1-4H3. The van der Waals surface area contributed by atoms with Crippen molar-refractivity contribution in [2.75, 3.05) is 19.0 Å². The molecule has 2 unspecified atom stereocenters. The first-order valence-electron chi connectivity index (χ1n) is 7.13. The van der Waals surface area contributed by atoms with Crippen molar-refractivity contribution in [1.29, 1.82) is 0 Å². The molecule has 3 heteroatoms. The zero-order valence-corrected chi connectivity index (χ0v) is 12.4. The van der Waals surface area contributed by atoms with Crippen LogP contribution in [0.15, 0.2) is 18.2 Å². The summed E-state index contributed by atoms with van der Waals surface area (Å²) in [7, 11) is 1.72. The normalized spacial score (nSPS) is 23.4. The van der Waals surface area contributed by atoms with Crippen molar-refractivity contribution in [3.63, 3.8) is 0 Å². The van der Waals surface area contributed by atoms with Gasteiger partial charge < -0.3 is 14.8 Å². The fourth-order valence-electron chi connectivity index (χ4n) is 2.56. The lowest BCUT2D eigenvalue weighted by molar-refractivity contribution is -0.0161. The lowest BCUT2D eigenvalue weighted by atomic mass is 9.95. The molecule has 2 rings (SSSR count). The predicted molar refractivity (Wildman–Crippen MR) is 79.0 cm³/mol. The van der Waals surface area contributed by atoms with E-state index in [0.717, 1.165) is 30.9 Å². The first-order valence-corrected chi connectivity index (χ1v) is 7.13. The number of ether oxygens (including phenoxy) is 2. The highest BCUT2D eigenvalue weighted by atomic mass is 16.5. The first-order chi connectivity index (χ1) is 9.10. The van der Waals surface area contributed by atoms with Crippen LogP contribution in [-0.4, -0.2) is 25.9 Å². The monoisotopic (exact) mass is 263 g/mol. The molecule has 0 aromatic heterocycles. The number of hydrogen-bond acceptors (Lipinski definition) is 3. The molecule has 0 saturated carbocycles. The van der Waals surface area contributed by atoms with Gasteiger partial charge in [-0.2, -0.15) is 0 Å². The third kappa shape index (κ3) is 3.63. The second kappa shape index (κ2) is 6.29. The maximum Gasteiger partial charge on any atom is 0.142 e. The highest BCUT2D eigenvalue weighted by Gasteiger charge is 2.25. The summed E-state index contributed by atoms with van der Waals surface area (Å²) in [4.78, 5) is 0. The quantitative estimate of drug-likeness (QED) is 0.900. The van der Waals surface area contributed by atoms with E-state index in [4.69, 9.17) is 9.47 Å². The van der Waals surface area contributed by atoms with Gasteiger partial charge in [-0.3, -0.25) is 0 Å². The number of nitrogens with one attached hydrogen (secondary N) is 1. The molecule has 106 valence electrons. The Morgan fingerprint density at radius 2 is 2.16 bits per heavy atom. The van der Waals surface area contributed by atoms with Gasteiger partial charge in [-0.25, -0.2) is 0 Å². The van der Waals surface area contributed by atoms with E-state index >= 15 is 0 Å². The van der Waals surface area contributed by atoms with Gasteiger partial charge in [0.1, 0.15) is 5.75 Å². The van der Waals surface area contributed by atoms with Gasteiger partial charge in [0.2, 0.25) is 0 Å². The molecule has 1 aromatic rings. The Balaban J connectivity index is 2.04. The van der Waals surface area contributed by atoms with Crippen molar-refractivity contribution >= 4 is 5.69 Å². The fraction of sp³-hybridized carbons (Fsp3) is 0.625. The molecule has 19 heavy (non-hydrogen) atoms. The summed E-state index contributed by atoms with van der Waals surface area (Å²) in [5.41, 5.74) is 2.30. The molecule has 0 amide bonds. The molecule has 0 spiro atoms. The zero-order valence-electron chi connectivity index (χ0n) is 12.4. The minimum Gasteiger partial charge on any atom is -0.495 e. The van der Waals surface area contributed by atoms with Gasteiger partial charge in [-0.15, -0.1) is 0 Å². The summed E-state index contributed by atoms with van der Waals surface area (Å²) in [6, 6.07) is 6.76. The Hall–Kier alpha value is -1.22. The summed E-state index contributed by atoms with van der Waals surface area (Å²) < 4.78 is 11.3. The Labute approximate surface area is 116 Å². The molecule has 1 fully saturated rings. The zero-order chi connectivity index (χ0) is 13.8. The number of anilines is 1. The first kappa shape index (κ1) is 14.2. The number of benzene rings is 1. The minimum absolute atomic E-state index is 0.364. The number of aryl methyl sites for hydroxylation is 1. The van der Waals surface area contributed by atoms with E-state index in [2.05, 4.69) is 44.3 Å². The highest BCUT2D eigenvalue weighted by molar-refractivity contribution is 5.58. The topological polar surface area (TPSA) is 30.5 Å². The van der Waals surface area contributed by atoms with E-state index in [1.54, 1.807) is 7.11 Å². The molecule has 1 saturated heterocycles. The van der Waals surface area contributed by atoms with Crippen LogP contribution in [0.5, 0.6) is 5.75 Å². The fourth-order valence-corrected chi connectivity index (χ4v) is 2.56. The average molecular weight is 263 g/mol. The molecular weight excluding hydrogens is 238 g/mol. The van der Waals surface area contributed by atoms with Crippen molar-refractivity contribution < 1.29 is 9.47 Å². The molecule has 1 aromatic carbocycles. The molecule has 0 radical (unpaired) electrons. The molecule has 1 aliphatic rings. The van der Waals surface area contributed by atoms with Crippen LogP contribution in [0.25, 0.3) is 0 Å². The van der Waals surface area contributed by atoms with Crippen LogP contribution in [0.3, 0.4) is 0 Å². The van der Waals surface area contributed by atoms with Crippen molar-refractivity contribution in [1.82, 2.24) is 0 Å². The molecule has 0 aliphatic carbocycles. The molecule has 0 bridgehead atoms. The molecular formula is C16H25NO2. The van der Waals surface area contributed by atoms with E-state index in [1.807, 2.05) is 0 Å². The Bertz CT molecular complexity index is 417. The third-order valence-corrected chi connectivity index (χ3v) is 3.78. The summed E-state index contributed by atoms with van der Waals surface area (Å²) >= 11 is 0. The molecule has 1 N–H and O–H groups in total. The predicted octanol–water partition coefficient (Wildman–Crippen LogP) is 3.62. The minimum atomic E-state index is 0.364. The average Bonchev–Trinajstić information content (AvgIpc) is 2.41. The van der Waals surface area contributed by atoms with Crippen LogP contribution < -0.4 is 10.1 Å². The second-order valence-corrected chi connectivity index (χ2v) is 5.72.